The van der Waals surface area contributed by atoms with Gasteiger partial charge in [0, 0.05) is 13.1 Å². The highest BCUT2D eigenvalue weighted by molar-refractivity contribution is 14.0. The summed E-state index contributed by atoms with van der Waals surface area (Å²) in [5.41, 5.74) is 6.16. The summed E-state index contributed by atoms with van der Waals surface area (Å²) in [6.07, 6.45) is 8.67. The molecule has 3 atom stereocenters. The van der Waals surface area contributed by atoms with Gasteiger partial charge in [0.2, 0.25) is 0 Å². The van der Waals surface area contributed by atoms with Crippen LogP contribution in [0.2, 0.25) is 0 Å². The highest BCUT2D eigenvalue weighted by atomic mass is 127. The third-order valence-electron chi connectivity index (χ3n) is 4.92. The van der Waals surface area contributed by atoms with E-state index in [1.807, 2.05) is 0 Å². The van der Waals surface area contributed by atoms with Crippen LogP contribution in [-0.2, 0) is 4.74 Å². The monoisotopic (exact) mass is 393 g/mol. The minimum atomic E-state index is 0. The predicted molar refractivity (Wildman–Crippen MR) is 92.5 cm³/mol. The second-order valence-electron chi connectivity index (χ2n) is 6.48. The van der Waals surface area contributed by atoms with Crippen LogP contribution >= 0.6 is 24.0 Å². The molecular weight excluding hydrogens is 365 g/mol. The fourth-order valence-corrected chi connectivity index (χ4v) is 3.70. The molecule has 0 radical (unpaired) electrons. The number of hydrogen-bond acceptors (Lipinski definition) is 2. The van der Waals surface area contributed by atoms with Crippen LogP contribution in [0.1, 0.15) is 45.4 Å². The number of hydrogen-bond donors (Lipinski definition) is 1. The van der Waals surface area contributed by atoms with Crippen LogP contribution in [0.4, 0.5) is 0 Å². The van der Waals surface area contributed by atoms with Gasteiger partial charge in [-0.15, -0.1) is 24.0 Å². The molecule has 0 spiro atoms. The summed E-state index contributed by atoms with van der Waals surface area (Å²) < 4.78 is 5.54. The molecule has 2 aliphatic carbocycles. The molecule has 1 saturated heterocycles. The lowest BCUT2D eigenvalue weighted by molar-refractivity contribution is 0.00527. The van der Waals surface area contributed by atoms with Crippen LogP contribution in [0, 0.1) is 11.8 Å². The Balaban J connectivity index is 0.00000147. The number of morpholine rings is 1. The standard InChI is InChI=1S/C15H27N3O.HI/c1-11-10-18(7-8-19-11)15(16)17-14-9-13(14)12-5-3-2-4-6-12;/h11-14H,2-10H2,1H3,(H2,16,17);1H/t11?,13-,14+;/m0./s1. The first-order valence-electron chi connectivity index (χ1n) is 7.94. The van der Waals surface area contributed by atoms with Crippen molar-refractivity contribution in [2.75, 3.05) is 19.7 Å². The Hall–Kier alpha value is -0.0400. The summed E-state index contributed by atoms with van der Waals surface area (Å²) in [6, 6.07) is 0.515. The number of ether oxygens (including phenoxy) is 1. The maximum Gasteiger partial charge on any atom is 0.191 e. The van der Waals surface area contributed by atoms with Crippen molar-refractivity contribution in [1.82, 2.24) is 4.90 Å². The summed E-state index contributed by atoms with van der Waals surface area (Å²) in [7, 11) is 0. The molecule has 0 bridgehead atoms. The Labute approximate surface area is 139 Å². The van der Waals surface area contributed by atoms with Gasteiger partial charge in [-0.3, -0.25) is 0 Å². The van der Waals surface area contributed by atoms with E-state index < -0.39 is 0 Å². The molecule has 0 amide bonds. The van der Waals surface area contributed by atoms with Gasteiger partial charge < -0.3 is 15.4 Å². The van der Waals surface area contributed by atoms with E-state index in [1.165, 1.54) is 38.5 Å². The Morgan fingerprint density at radius 3 is 2.70 bits per heavy atom. The zero-order valence-electron chi connectivity index (χ0n) is 12.5. The van der Waals surface area contributed by atoms with Gasteiger partial charge in [0.25, 0.3) is 0 Å². The van der Waals surface area contributed by atoms with Gasteiger partial charge in [-0.2, -0.15) is 0 Å². The van der Waals surface area contributed by atoms with E-state index in [2.05, 4.69) is 11.8 Å². The Morgan fingerprint density at radius 2 is 2.00 bits per heavy atom. The first kappa shape index (κ1) is 16.3. The lowest BCUT2D eigenvalue weighted by atomic mass is 9.85. The van der Waals surface area contributed by atoms with Crippen molar-refractivity contribution in [3.8, 4) is 0 Å². The zero-order valence-corrected chi connectivity index (χ0v) is 14.8. The van der Waals surface area contributed by atoms with E-state index >= 15 is 0 Å². The number of aliphatic imine (C=N–C) groups is 1. The molecule has 3 fully saturated rings. The van der Waals surface area contributed by atoms with Crippen LogP contribution in [0.15, 0.2) is 4.99 Å². The zero-order chi connectivity index (χ0) is 13.2. The lowest BCUT2D eigenvalue weighted by Gasteiger charge is -2.32. The van der Waals surface area contributed by atoms with Crippen molar-refractivity contribution in [2.24, 2.45) is 22.6 Å². The Bertz CT molecular complexity index is 344. The molecule has 20 heavy (non-hydrogen) atoms. The highest BCUT2D eigenvalue weighted by Gasteiger charge is 2.43. The molecule has 0 aromatic carbocycles. The fourth-order valence-electron chi connectivity index (χ4n) is 3.70. The van der Waals surface area contributed by atoms with Crippen LogP contribution in [0.25, 0.3) is 0 Å². The molecule has 2 saturated carbocycles. The van der Waals surface area contributed by atoms with Crippen molar-refractivity contribution < 1.29 is 4.74 Å². The van der Waals surface area contributed by atoms with Crippen LogP contribution in [0.5, 0.6) is 0 Å². The molecular formula is C15H28IN3O. The normalized spacial score (nSPS) is 35.5. The SMILES string of the molecule is CC1CN(C(N)=N[C@@H]2C[C@H]2C2CCCCC2)CCO1.I. The van der Waals surface area contributed by atoms with Crippen LogP contribution < -0.4 is 5.73 Å². The van der Waals surface area contributed by atoms with E-state index in [9.17, 15) is 0 Å². The third kappa shape index (κ3) is 4.00. The van der Waals surface area contributed by atoms with E-state index in [1.54, 1.807) is 0 Å². The van der Waals surface area contributed by atoms with Gasteiger partial charge in [-0.05, 0) is 25.2 Å². The maximum absolute atomic E-state index is 6.16. The largest absolute Gasteiger partial charge is 0.375 e. The molecule has 1 aliphatic heterocycles. The van der Waals surface area contributed by atoms with Gasteiger partial charge in [-0.25, -0.2) is 4.99 Å². The smallest absolute Gasteiger partial charge is 0.191 e. The van der Waals surface area contributed by atoms with Crippen molar-refractivity contribution in [1.29, 1.82) is 0 Å². The molecule has 3 aliphatic rings. The van der Waals surface area contributed by atoms with Crippen LogP contribution in [0.3, 0.4) is 0 Å². The van der Waals surface area contributed by atoms with Gasteiger partial charge >= 0.3 is 0 Å². The van der Waals surface area contributed by atoms with Crippen molar-refractivity contribution in [3.63, 3.8) is 0 Å². The number of nitrogens with zero attached hydrogens (tertiary/aromatic N) is 2. The quantitative estimate of drug-likeness (QED) is 0.446. The minimum absolute atomic E-state index is 0. The molecule has 0 aromatic rings. The van der Waals surface area contributed by atoms with Gasteiger partial charge in [0.1, 0.15) is 0 Å². The van der Waals surface area contributed by atoms with Crippen molar-refractivity contribution >= 4 is 29.9 Å². The number of halogens is 1. The van der Waals surface area contributed by atoms with E-state index in [4.69, 9.17) is 15.5 Å². The highest BCUT2D eigenvalue weighted by Crippen LogP contribution is 2.46. The average Bonchev–Trinajstić information content (AvgIpc) is 3.19. The summed E-state index contributed by atoms with van der Waals surface area (Å²) >= 11 is 0. The molecule has 4 nitrogen and oxygen atoms in total. The summed E-state index contributed by atoms with van der Waals surface area (Å²) in [4.78, 5) is 6.95. The van der Waals surface area contributed by atoms with Gasteiger partial charge in [-0.1, -0.05) is 32.1 Å². The first-order valence-corrected chi connectivity index (χ1v) is 7.94. The third-order valence-corrected chi connectivity index (χ3v) is 4.92. The molecule has 1 unspecified atom stereocenters. The second-order valence-corrected chi connectivity index (χ2v) is 6.48. The summed E-state index contributed by atoms with van der Waals surface area (Å²) in [5.74, 6) is 2.51. The number of nitrogens with two attached hydrogens (primary N) is 1. The van der Waals surface area contributed by atoms with Gasteiger partial charge in [0.15, 0.2) is 5.96 Å². The first-order chi connectivity index (χ1) is 9.24. The predicted octanol–water partition coefficient (Wildman–Crippen LogP) is 2.61. The van der Waals surface area contributed by atoms with Crippen LogP contribution in [-0.4, -0.2) is 42.7 Å². The molecule has 116 valence electrons. The van der Waals surface area contributed by atoms with Gasteiger partial charge in [0.05, 0.1) is 18.8 Å². The molecule has 3 rings (SSSR count). The lowest BCUT2D eigenvalue weighted by Crippen LogP contribution is -2.48. The topological polar surface area (TPSA) is 50.8 Å². The number of guanidine groups is 1. The Morgan fingerprint density at radius 1 is 1.25 bits per heavy atom. The molecule has 1 heterocycles. The fraction of sp³-hybridized carbons (Fsp3) is 0.933. The van der Waals surface area contributed by atoms with E-state index in [0.717, 1.165) is 37.5 Å². The summed E-state index contributed by atoms with van der Waals surface area (Å²) in [5, 5.41) is 0. The van der Waals surface area contributed by atoms with Crippen molar-refractivity contribution in [3.05, 3.63) is 0 Å². The minimum Gasteiger partial charge on any atom is -0.375 e. The molecule has 5 heteroatoms. The van der Waals surface area contributed by atoms with Crippen molar-refractivity contribution in [2.45, 2.75) is 57.6 Å². The average molecular weight is 393 g/mol. The second kappa shape index (κ2) is 7.29. The van der Waals surface area contributed by atoms with E-state index in [-0.39, 0.29) is 30.1 Å². The molecule has 0 aromatic heterocycles. The van der Waals surface area contributed by atoms with E-state index in [0.29, 0.717) is 6.04 Å². The number of rotatable bonds is 2. The maximum atomic E-state index is 6.16. The molecule has 2 N–H and O–H groups in total. The summed E-state index contributed by atoms with van der Waals surface area (Å²) in [6.45, 7) is 4.64. The Kier molecular flexibility index (Phi) is 5.95.